The molecule has 0 saturated carbocycles. The molecule has 0 unspecified atom stereocenters. The molecule has 10 heteroatoms. The van der Waals surface area contributed by atoms with E-state index in [9.17, 15) is 14.4 Å². The molecule has 0 fully saturated rings. The summed E-state index contributed by atoms with van der Waals surface area (Å²) in [5.41, 5.74) is 4.79. The molecule has 0 bridgehead atoms. The predicted octanol–water partition coefficient (Wildman–Crippen LogP) is 5.23. The molecule has 0 radical (unpaired) electrons. The smallest absolute Gasteiger partial charge is 0.328 e. The van der Waals surface area contributed by atoms with Crippen LogP contribution in [0.5, 0.6) is 5.75 Å². The van der Waals surface area contributed by atoms with Crippen LogP contribution in [0.25, 0.3) is 10.9 Å². The van der Waals surface area contributed by atoms with Crippen molar-refractivity contribution in [1.29, 1.82) is 0 Å². The molecular formula is C25H20Cl2N4O4. The number of aryl methyl sites for hydroxylation is 1. The second kappa shape index (κ2) is 10.1. The highest BCUT2D eigenvalue weighted by molar-refractivity contribution is 6.42. The van der Waals surface area contributed by atoms with E-state index < -0.39 is 17.7 Å². The van der Waals surface area contributed by atoms with Gasteiger partial charge in [0, 0.05) is 26.8 Å². The van der Waals surface area contributed by atoms with Crippen molar-refractivity contribution in [3.63, 3.8) is 0 Å². The Balaban J connectivity index is 1.67. The maximum absolute atomic E-state index is 13.2. The Morgan fingerprint density at radius 1 is 0.829 bits per heavy atom. The number of hydrogen-bond donors (Lipinski definition) is 3. The van der Waals surface area contributed by atoms with Gasteiger partial charge in [0.15, 0.2) is 0 Å². The summed E-state index contributed by atoms with van der Waals surface area (Å²) in [4.78, 5) is 38.5. The topological polar surface area (TPSA) is 101 Å². The minimum Gasteiger partial charge on any atom is -0.494 e. The van der Waals surface area contributed by atoms with Gasteiger partial charge in [0.05, 0.1) is 7.11 Å². The first-order chi connectivity index (χ1) is 16.7. The van der Waals surface area contributed by atoms with Crippen LogP contribution in [0, 0.1) is 6.92 Å². The van der Waals surface area contributed by atoms with Gasteiger partial charge in [0.1, 0.15) is 17.0 Å². The fraction of sp³-hybridized carbons (Fsp3) is 0.0800. The number of nitrogens with one attached hydrogen (secondary N) is 3. The van der Waals surface area contributed by atoms with Crippen LogP contribution >= 0.6 is 23.2 Å². The minimum atomic E-state index is -0.978. The molecule has 3 amide bonds. The Bertz CT molecular complexity index is 1430. The summed E-state index contributed by atoms with van der Waals surface area (Å²) in [6, 6.07) is 18.3. The third-order valence-corrected chi connectivity index (χ3v) is 5.53. The first kappa shape index (κ1) is 24.1. The van der Waals surface area contributed by atoms with Crippen LogP contribution in [0.1, 0.15) is 16.1 Å². The zero-order valence-corrected chi connectivity index (χ0v) is 20.2. The first-order valence-corrected chi connectivity index (χ1v) is 11.2. The van der Waals surface area contributed by atoms with E-state index in [1.807, 2.05) is 19.1 Å². The van der Waals surface area contributed by atoms with E-state index >= 15 is 0 Å². The number of fused-ring (bicyclic) bond motifs is 1. The molecule has 4 rings (SSSR count). The summed E-state index contributed by atoms with van der Waals surface area (Å²) in [5.74, 6) is -2.06. The van der Waals surface area contributed by atoms with E-state index in [-0.39, 0.29) is 5.69 Å². The van der Waals surface area contributed by atoms with Gasteiger partial charge in [-0.05, 0) is 49.4 Å². The molecule has 8 nitrogen and oxygen atoms in total. The van der Waals surface area contributed by atoms with Crippen molar-refractivity contribution in [2.75, 3.05) is 23.2 Å². The monoisotopic (exact) mass is 510 g/mol. The summed E-state index contributed by atoms with van der Waals surface area (Å²) in [7, 11) is 1.46. The van der Waals surface area contributed by atoms with Gasteiger partial charge < -0.3 is 15.4 Å². The standard InChI is InChI=1S/C25H20Cl2N4O4/c1-14-6-8-18(9-7-14)28-24(33)25(34)30-31-20(10-15-4-3-5-21(35-2)22(15)31)23(32)29-19-12-16(26)11-17(27)13-19/h3-13H,1-2H3,(H,28,33)(H,29,32)(H,30,34). The number of para-hydroxylation sites is 1. The normalized spacial score (nSPS) is 10.6. The van der Waals surface area contributed by atoms with Crippen molar-refractivity contribution in [2.45, 2.75) is 6.92 Å². The molecule has 0 atom stereocenters. The van der Waals surface area contributed by atoms with Gasteiger partial charge in [-0.1, -0.05) is 53.0 Å². The molecule has 178 valence electrons. The third kappa shape index (κ3) is 5.40. The Morgan fingerprint density at radius 3 is 2.17 bits per heavy atom. The lowest BCUT2D eigenvalue weighted by Crippen LogP contribution is -2.36. The third-order valence-electron chi connectivity index (χ3n) is 5.09. The Morgan fingerprint density at radius 2 is 1.51 bits per heavy atom. The van der Waals surface area contributed by atoms with Crippen molar-refractivity contribution in [3.8, 4) is 5.75 Å². The van der Waals surface area contributed by atoms with Crippen LogP contribution < -0.4 is 20.8 Å². The number of benzene rings is 3. The second-order valence-electron chi connectivity index (χ2n) is 7.64. The molecule has 3 aromatic carbocycles. The van der Waals surface area contributed by atoms with Gasteiger partial charge in [-0.15, -0.1) is 0 Å². The number of hydrogen-bond acceptors (Lipinski definition) is 4. The van der Waals surface area contributed by atoms with E-state index in [0.717, 1.165) is 5.56 Å². The van der Waals surface area contributed by atoms with E-state index in [4.69, 9.17) is 27.9 Å². The largest absolute Gasteiger partial charge is 0.494 e. The number of nitrogens with zero attached hydrogens (tertiary/aromatic N) is 1. The summed E-state index contributed by atoms with van der Waals surface area (Å²) in [6.07, 6.45) is 0. The van der Waals surface area contributed by atoms with Crippen LogP contribution in [0.2, 0.25) is 10.0 Å². The van der Waals surface area contributed by atoms with Gasteiger partial charge in [-0.25, -0.2) is 4.68 Å². The van der Waals surface area contributed by atoms with Gasteiger partial charge in [-0.3, -0.25) is 19.8 Å². The minimum absolute atomic E-state index is 0.0529. The number of aromatic nitrogens is 1. The number of carbonyl (C=O) groups is 3. The Kier molecular flexibility index (Phi) is 6.95. The van der Waals surface area contributed by atoms with Crippen LogP contribution in [-0.2, 0) is 9.59 Å². The van der Waals surface area contributed by atoms with E-state index in [1.165, 1.54) is 30.0 Å². The second-order valence-corrected chi connectivity index (χ2v) is 8.51. The fourth-order valence-electron chi connectivity index (χ4n) is 3.47. The molecule has 0 spiro atoms. The molecule has 0 aliphatic rings. The zero-order chi connectivity index (χ0) is 25.1. The van der Waals surface area contributed by atoms with Crippen molar-refractivity contribution < 1.29 is 19.1 Å². The molecule has 1 heterocycles. The molecule has 0 saturated heterocycles. The summed E-state index contributed by atoms with van der Waals surface area (Å²) in [6.45, 7) is 1.91. The predicted molar refractivity (Wildman–Crippen MR) is 137 cm³/mol. The summed E-state index contributed by atoms with van der Waals surface area (Å²) < 4.78 is 6.64. The van der Waals surface area contributed by atoms with E-state index in [2.05, 4.69) is 16.1 Å². The van der Waals surface area contributed by atoms with Gasteiger partial charge in [-0.2, -0.15) is 0 Å². The zero-order valence-electron chi connectivity index (χ0n) is 18.7. The van der Waals surface area contributed by atoms with Crippen LogP contribution in [0.15, 0.2) is 66.7 Å². The lowest BCUT2D eigenvalue weighted by molar-refractivity contribution is -0.133. The van der Waals surface area contributed by atoms with Crippen molar-refractivity contribution in [2.24, 2.45) is 0 Å². The highest BCUT2D eigenvalue weighted by Gasteiger charge is 2.23. The quantitative estimate of drug-likeness (QED) is 0.320. The number of carbonyl (C=O) groups excluding carboxylic acids is 3. The van der Waals surface area contributed by atoms with Crippen molar-refractivity contribution in [1.82, 2.24) is 4.68 Å². The maximum atomic E-state index is 13.2. The number of anilines is 2. The van der Waals surface area contributed by atoms with E-state index in [0.29, 0.717) is 38.1 Å². The maximum Gasteiger partial charge on any atom is 0.328 e. The van der Waals surface area contributed by atoms with Gasteiger partial charge in [0.2, 0.25) is 0 Å². The molecule has 3 N–H and O–H groups in total. The average Bonchev–Trinajstić information content (AvgIpc) is 3.18. The number of methoxy groups -OCH3 is 1. The first-order valence-electron chi connectivity index (χ1n) is 10.4. The lowest BCUT2D eigenvalue weighted by Gasteiger charge is -2.14. The number of rotatable bonds is 5. The average molecular weight is 511 g/mol. The molecular weight excluding hydrogens is 491 g/mol. The number of amides is 3. The van der Waals surface area contributed by atoms with Crippen LogP contribution in [0.3, 0.4) is 0 Å². The molecule has 0 aliphatic heterocycles. The lowest BCUT2D eigenvalue weighted by atomic mass is 10.2. The van der Waals surface area contributed by atoms with Crippen molar-refractivity contribution in [3.05, 3.63) is 88.0 Å². The summed E-state index contributed by atoms with van der Waals surface area (Å²) in [5, 5.41) is 6.53. The SMILES string of the molecule is COc1cccc2cc(C(=O)Nc3cc(Cl)cc(Cl)c3)n(NC(=O)C(=O)Nc3ccc(C)cc3)c12. The highest BCUT2D eigenvalue weighted by atomic mass is 35.5. The van der Waals surface area contributed by atoms with Crippen LogP contribution in [-0.4, -0.2) is 29.5 Å². The van der Waals surface area contributed by atoms with Gasteiger partial charge in [0.25, 0.3) is 5.91 Å². The fourth-order valence-corrected chi connectivity index (χ4v) is 4.00. The van der Waals surface area contributed by atoms with E-state index in [1.54, 1.807) is 36.4 Å². The number of halogens is 2. The van der Waals surface area contributed by atoms with Crippen molar-refractivity contribution >= 4 is 63.2 Å². The van der Waals surface area contributed by atoms with Crippen LogP contribution in [0.4, 0.5) is 11.4 Å². The molecule has 0 aliphatic carbocycles. The number of ether oxygens (including phenoxy) is 1. The Labute approximate surface area is 210 Å². The molecule has 35 heavy (non-hydrogen) atoms. The molecule has 4 aromatic rings. The molecule has 1 aromatic heterocycles. The summed E-state index contributed by atoms with van der Waals surface area (Å²) >= 11 is 12.1. The Hall–Kier alpha value is -4.01. The highest BCUT2D eigenvalue weighted by Crippen LogP contribution is 2.29. The van der Waals surface area contributed by atoms with Gasteiger partial charge >= 0.3 is 11.8 Å².